The van der Waals surface area contributed by atoms with Crippen LogP contribution in [0.4, 0.5) is 4.39 Å². The quantitative estimate of drug-likeness (QED) is 0.393. The zero-order chi connectivity index (χ0) is 21.2. The predicted octanol–water partition coefficient (Wildman–Crippen LogP) is 4.33. The van der Waals surface area contributed by atoms with E-state index in [4.69, 9.17) is 4.74 Å². The largest absolute Gasteiger partial charge is 0.439 e. The van der Waals surface area contributed by atoms with Gasteiger partial charge in [-0.1, -0.05) is 19.1 Å². The molecular formula is C22H26FN5OS. The van der Waals surface area contributed by atoms with Crippen molar-refractivity contribution in [2.45, 2.75) is 33.2 Å². The Morgan fingerprint density at radius 2 is 2.03 bits per heavy atom. The maximum absolute atomic E-state index is 13.2. The summed E-state index contributed by atoms with van der Waals surface area (Å²) in [5.41, 5.74) is 0.950. The Morgan fingerprint density at radius 1 is 1.13 bits per heavy atom. The fourth-order valence-corrected chi connectivity index (χ4v) is 3.50. The lowest BCUT2D eigenvalue weighted by Gasteiger charge is -2.10. The molecule has 3 rings (SSSR count). The molecule has 0 spiro atoms. The number of nitrogens with zero attached hydrogens (tertiary/aromatic N) is 3. The SMILES string of the molecule is CCNC(=NCc1ccc(Oc2cccc(F)c2)nc1)NCCc1ncc(CC)s1. The molecule has 0 atom stereocenters. The molecule has 0 aliphatic carbocycles. The third-order valence-electron chi connectivity index (χ3n) is 4.16. The highest BCUT2D eigenvalue weighted by Crippen LogP contribution is 2.20. The Kier molecular flexibility index (Phi) is 8.14. The molecule has 3 aromatic rings. The van der Waals surface area contributed by atoms with Crippen LogP contribution in [0.5, 0.6) is 11.6 Å². The van der Waals surface area contributed by atoms with Crippen LogP contribution in [0.25, 0.3) is 0 Å². The molecule has 0 amide bonds. The van der Waals surface area contributed by atoms with E-state index in [0.717, 1.165) is 42.5 Å². The molecule has 0 unspecified atom stereocenters. The van der Waals surface area contributed by atoms with Gasteiger partial charge in [-0.05, 0) is 31.0 Å². The topological polar surface area (TPSA) is 71.4 Å². The van der Waals surface area contributed by atoms with E-state index < -0.39 is 0 Å². The van der Waals surface area contributed by atoms with Gasteiger partial charge in [0.2, 0.25) is 5.88 Å². The lowest BCUT2D eigenvalue weighted by molar-refractivity contribution is 0.457. The number of hydrogen-bond donors (Lipinski definition) is 2. The van der Waals surface area contributed by atoms with Crippen LogP contribution in [0.15, 0.2) is 53.8 Å². The number of nitrogens with one attached hydrogen (secondary N) is 2. The molecule has 2 heterocycles. The first-order chi connectivity index (χ1) is 14.7. The number of halogens is 1. The molecule has 0 aliphatic rings. The van der Waals surface area contributed by atoms with E-state index >= 15 is 0 Å². The highest BCUT2D eigenvalue weighted by molar-refractivity contribution is 7.11. The maximum Gasteiger partial charge on any atom is 0.219 e. The minimum atomic E-state index is -0.345. The highest BCUT2D eigenvalue weighted by atomic mass is 32.1. The van der Waals surface area contributed by atoms with Crippen molar-refractivity contribution in [2.75, 3.05) is 13.1 Å². The standard InChI is InChI=1S/C22H26FN5OS/c1-3-19-15-27-21(30-19)10-11-25-22(24-4-2)28-14-16-8-9-20(26-13-16)29-18-7-5-6-17(23)12-18/h5-9,12-13,15H,3-4,10-11,14H2,1-2H3,(H2,24,25,28). The van der Waals surface area contributed by atoms with Gasteiger partial charge in [-0.3, -0.25) is 0 Å². The molecule has 1 aromatic carbocycles. The first-order valence-electron chi connectivity index (χ1n) is 10.0. The van der Waals surface area contributed by atoms with E-state index in [1.807, 2.05) is 19.2 Å². The average molecular weight is 428 g/mol. The first-order valence-corrected chi connectivity index (χ1v) is 10.8. The van der Waals surface area contributed by atoms with Crippen LogP contribution in [-0.4, -0.2) is 29.0 Å². The van der Waals surface area contributed by atoms with Gasteiger partial charge < -0.3 is 15.4 Å². The molecule has 2 N–H and O–H groups in total. The van der Waals surface area contributed by atoms with Crippen molar-refractivity contribution >= 4 is 17.3 Å². The van der Waals surface area contributed by atoms with Crippen molar-refractivity contribution in [2.24, 2.45) is 4.99 Å². The monoisotopic (exact) mass is 427 g/mol. The summed E-state index contributed by atoms with van der Waals surface area (Å²) >= 11 is 1.76. The van der Waals surface area contributed by atoms with Gasteiger partial charge in [-0.15, -0.1) is 11.3 Å². The lowest BCUT2D eigenvalue weighted by atomic mass is 10.3. The van der Waals surface area contributed by atoms with Gasteiger partial charge in [0.05, 0.1) is 11.6 Å². The molecule has 0 saturated carbocycles. The second kappa shape index (κ2) is 11.3. The number of guanidine groups is 1. The van der Waals surface area contributed by atoms with Gasteiger partial charge in [-0.25, -0.2) is 19.4 Å². The summed E-state index contributed by atoms with van der Waals surface area (Å²) in [5, 5.41) is 7.72. The second-order valence-electron chi connectivity index (χ2n) is 6.51. The normalized spacial score (nSPS) is 11.4. The smallest absolute Gasteiger partial charge is 0.219 e. The van der Waals surface area contributed by atoms with Crippen molar-refractivity contribution in [1.29, 1.82) is 0 Å². The summed E-state index contributed by atoms with van der Waals surface area (Å²) in [6, 6.07) is 9.63. The summed E-state index contributed by atoms with van der Waals surface area (Å²) < 4.78 is 18.8. The number of benzene rings is 1. The Morgan fingerprint density at radius 3 is 2.73 bits per heavy atom. The number of rotatable bonds is 9. The molecule has 2 aromatic heterocycles. The van der Waals surface area contributed by atoms with Crippen molar-refractivity contribution in [1.82, 2.24) is 20.6 Å². The van der Waals surface area contributed by atoms with Gasteiger partial charge >= 0.3 is 0 Å². The predicted molar refractivity (Wildman–Crippen MR) is 119 cm³/mol. The summed E-state index contributed by atoms with van der Waals surface area (Å²) in [4.78, 5) is 14.6. The van der Waals surface area contributed by atoms with E-state index in [0.29, 0.717) is 18.2 Å². The Labute approximate surface area is 180 Å². The van der Waals surface area contributed by atoms with Crippen LogP contribution >= 0.6 is 11.3 Å². The highest BCUT2D eigenvalue weighted by Gasteiger charge is 2.04. The van der Waals surface area contributed by atoms with E-state index in [-0.39, 0.29) is 5.82 Å². The number of thiazole rings is 1. The summed E-state index contributed by atoms with van der Waals surface area (Å²) in [6.45, 7) is 6.20. The molecule has 0 radical (unpaired) electrons. The van der Waals surface area contributed by atoms with Crippen molar-refractivity contribution in [3.05, 3.63) is 70.1 Å². The minimum absolute atomic E-state index is 0.345. The first kappa shape index (κ1) is 21.7. The van der Waals surface area contributed by atoms with Gasteiger partial charge in [0.25, 0.3) is 0 Å². The molecule has 6 nitrogen and oxygen atoms in total. The van der Waals surface area contributed by atoms with Crippen LogP contribution in [0.3, 0.4) is 0 Å². The second-order valence-corrected chi connectivity index (χ2v) is 7.71. The number of ether oxygens (including phenoxy) is 1. The number of hydrogen-bond acceptors (Lipinski definition) is 5. The fourth-order valence-electron chi connectivity index (χ4n) is 2.64. The number of aliphatic imine (C=N–C) groups is 1. The number of aromatic nitrogens is 2. The number of aryl methyl sites for hydroxylation is 1. The summed E-state index contributed by atoms with van der Waals surface area (Å²) in [5.74, 6) is 1.24. The molecule has 158 valence electrons. The fraction of sp³-hybridized carbons (Fsp3) is 0.318. The van der Waals surface area contributed by atoms with Gasteiger partial charge in [0, 0.05) is 48.9 Å². The van der Waals surface area contributed by atoms with Crippen LogP contribution in [0.2, 0.25) is 0 Å². The molecule has 8 heteroatoms. The van der Waals surface area contributed by atoms with Gasteiger partial charge in [-0.2, -0.15) is 0 Å². The van der Waals surface area contributed by atoms with Crippen molar-refractivity contribution < 1.29 is 9.13 Å². The zero-order valence-electron chi connectivity index (χ0n) is 17.2. The molecular weight excluding hydrogens is 401 g/mol. The van der Waals surface area contributed by atoms with E-state index in [1.165, 1.54) is 17.0 Å². The minimum Gasteiger partial charge on any atom is -0.439 e. The third-order valence-corrected chi connectivity index (χ3v) is 5.36. The Bertz CT molecular complexity index is 958. The Hall–Kier alpha value is -3.00. The Balaban J connectivity index is 1.52. The molecule has 0 fully saturated rings. The summed E-state index contributed by atoms with van der Waals surface area (Å²) in [6.07, 6.45) is 5.55. The van der Waals surface area contributed by atoms with Crippen LogP contribution in [0.1, 0.15) is 29.3 Å². The van der Waals surface area contributed by atoms with E-state index in [1.54, 1.807) is 35.7 Å². The zero-order valence-corrected chi connectivity index (χ0v) is 18.0. The van der Waals surface area contributed by atoms with Gasteiger partial charge in [0.15, 0.2) is 5.96 Å². The number of pyridine rings is 1. The molecule has 0 aliphatic heterocycles. The van der Waals surface area contributed by atoms with Gasteiger partial charge in [0.1, 0.15) is 11.6 Å². The summed E-state index contributed by atoms with van der Waals surface area (Å²) in [7, 11) is 0. The molecule has 30 heavy (non-hydrogen) atoms. The molecule has 0 saturated heterocycles. The molecule has 0 bridgehead atoms. The van der Waals surface area contributed by atoms with E-state index in [9.17, 15) is 4.39 Å². The average Bonchev–Trinajstić information content (AvgIpc) is 3.21. The lowest BCUT2D eigenvalue weighted by Crippen LogP contribution is -2.38. The van der Waals surface area contributed by atoms with Crippen LogP contribution < -0.4 is 15.4 Å². The van der Waals surface area contributed by atoms with Crippen LogP contribution in [-0.2, 0) is 19.4 Å². The van der Waals surface area contributed by atoms with E-state index in [2.05, 4.69) is 32.5 Å². The van der Waals surface area contributed by atoms with Crippen molar-refractivity contribution in [3.63, 3.8) is 0 Å². The van der Waals surface area contributed by atoms with Crippen LogP contribution in [0, 0.1) is 5.82 Å². The van der Waals surface area contributed by atoms with Crippen molar-refractivity contribution in [3.8, 4) is 11.6 Å². The third kappa shape index (κ3) is 6.81. The maximum atomic E-state index is 13.2.